The first-order chi connectivity index (χ1) is 15.3. The van der Waals surface area contributed by atoms with Crippen LogP contribution in [0.1, 0.15) is 30.4 Å². The minimum Gasteiger partial charge on any atom is -0.356 e. The summed E-state index contributed by atoms with van der Waals surface area (Å²) in [6.07, 6.45) is 5.73. The third kappa shape index (κ3) is 4.01. The maximum Gasteiger partial charge on any atom is 0.267 e. The fourth-order valence-electron chi connectivity index (χ4n) is 3.82. The number of nitriles is 1. The zero-order valence-electron chi connectivity index (χ0n) is 17.5. The molecule has 2 aromatic heterocycles. The number of hydrogen-bond acceptors (Lipinski definition) is 6. The standard InChI is InChI=1S/C23H21ClN4O3S/c1-16-6-5-13-28-21(16)26-22(27-11-3-2-4-12-27)20(23(28)29)14-19(15-25)32(30,31)18-9-7-17(24)8-10-18/h5-10,13-14H,2-4,11-12H2,1H3. The lowest BCUT2D eigenvalue weighted by Crippen LogP contribution is -2.33. The van der Waals surface area contributed by atoms with E-state index >= 15 is 0 Å². The van der Waals surface area contributed by atoms with Crippen LogP contribution in [0.4, 0.5) is 5.82 Å². The van der Waals surface area contributed by atoms with Gasteiger partial charge in [-0.2, -0.15) is 5.26 Å². The van der Waals surface area contributed by atoms with Gasteiger partial charge < -0.3 is 4.90 Å². The van der Waals surface area contributed by atoms with Gasteiger partial charge in [0.1, 0.15) is 22.4 Å². The summed E-state index contributed by atoms with van der Waals surface area (Å²) in [5, 5.41) is 10.1. The van der Waals surface area contributed by atoms with Gasteiger partial charge in [-0.15, -0.1) is 0 Å². The molecule has 0 saturated carbocycles. The summed E-state index contributed by atoms with van der Waals surface area (Å²) in [6.45, 7) is 3.28. The molecule has 0 N–H and O–H groups in total. The molecule has 3 heterocycles. The minimum absolute atomic E-state index is 0.0704. The van der Waals surface area contributed by atoms with Crippen molar-refractivity contribution in [3.05, 3.63) is 74.0 Å². The summed E-state index contributed by atoms with van der Waals surface area (Å²) in [4.78, 5) is 19.6. The first kappa shape index (κ1) is 22.1. The number of sulfone groups is 1. The predicted molar refractivity (Wildman–Crippen MR) is 124 cm³/mol. The molecule has 32 heavy (non-hydrogen) atoms. The lowest BCUT2D eigenvalue weighted by molar-refractivity contribution is 0.573. The van der Waals surface area contributed by atoms with Gasteiger partial charge >= 0.3 is 0 Å². The molecule has 0 spiro atoms. The van der Waals surface area contributed by atoms with Crippen LogP contribution in [0, 0.1) is 18.3 Å². The molecule has 1 aliphatic rings. The number of aryl methyl sites for hydroxylation is 1. The topological polar surface area (TPSA) is 95.5 Å². The second kappa shape index (κ2) is 8.77. The van der Waals surface area contributed by atoms with Crippen LogP contribution in [0.5, 0.6) is 0 Å². The van der Waals surface area contributed by atoms with Gasteiger partial charge in [-0.3, -0.25) is 9.20 Å². The van der Waals surface area contributed by atoms with Crippen LogP contribution in [0.25, 0.3) is 11.7 Å². The Kier molecular flexibility index (Phi) is 6.04. The van der Waals surface area contributed by atoms with Gasteiger partial charge in [-0.05, 0) is 68.2 Å². The third-order valence-electron chi connectivity index (χ3n) is 5.52. The Morgan fingerprint density at radius 1 is 1.16 bits per heavy atom. The normalized spacial score (nSPS) is 15.0. The number of anilines is 1. The van der Waals surface area contributed by atoms with Crippen LogP contribution in [0.2, 0.25) is 5.02 Å². The molecular formula is C23H21ClN4O3S. The molecule has 164 valence electrons. The lowest BCUT2D eigenvalue weighted by Gasteiger charge is -2.29. The van der Waals surface area contributed by atoms with Crippen LogP contribution in [0.3, 0.4) is 0 Å². The zero-order chi connectivity index (χ0) is 22.9. The van der Waals surface area contributed by atoms with Crippen LogP contribution in [0.15, 0.2) is 57.2 Å². The smallest absolute Gasteiger partial charge is 0.267 e. The Morgan fingerprint density at radius 3 is 2.50 bits per heavy atom. The Bertz CT molecular complexity index is 1410. The third-order valence-corrected chi connectivity index (χ3v) is 7.45. The minimum atomic E-state index is -4.14. The van der Waals surface area contributed by atoms with Crippen LogP contribution < -0.4 is 10.5 Å². The van der Waals surface area contributed by atoms with Crippen LogP contribution in [-0.4, -0.2) is 30.9 Å². The van der Waals surface area contributed by atoms with Gasteiger partial charge in [0.15, 0.2) is 0 Å². The van der Waals surface area contributed by atoms with E-state index in [-0.39, 0.29) is 10.5 Å². The Labute approximate surface area is 191 Å². The van der Waals surface area contributed by atoms with E-state index in [1.165, 1.54) is 28.7 Å². The summed E-state index contributed by atoms with van der Waals surface area (Å²) in [5.74, 6) is 0.406. The second-order valence-corrected chi connectivity index (χ2v) is 10.0. The molecule has 0 unspecified atom stereocenters. The van der Waals surface area contributed by atoms with Crippen molar-refractivity contribution in [2.24, 2.45) is 0 Å². The van der Waals surface area contributed by atoms with E-state index in [1.807, 2.05) is 17.9 Å². The van der Waals surface area contributed by atoms with Gasteiger partial charge in [0, 0.05) is 24.3 Å². The van der Waals surface area contributed by atoms with Crippen molar-refractivity contribution in [3.8, 4) is 6.07 Å². The number of fused-ring (bicyclic) bond motifs is 1. The summed E-state index contributed by atoms with van der Waals surface area (Å²) in [7, 11) is -4.14. The monoisotopic (exact) mass is 468 g/mol. The molecule has 0 amide bonds. The van der Waals surface area contributed by atoms with Gasteiger partial charge in [0.2, 0.25) is 9.84 Å². The molecule has 1 saturated heterocycles. The summed E-state index contributed by atoms with van der Waals surface area (Å²) in [5.41, 5.74) is 1.00. The molecule has 0 bridgehead atoms. The average Bonchev–Trinajstić information content (AvgIpc) is 2.79. The lowest BCUT2D eigenvalue weighted by atomic mass is 10.1. The molecule has 3 aromatic rings. The van der Waals surface area contributed by atoms with Crippen LogP contribution in [-0.2, 0) is 9.84 Å². The number of allylic oxidation sites excluding steroid dienone is 1. The van der Waals surface area contributed by atoms with Gasteiger partial charge in [-0.25, -0.2) is 13.4 Å². The number of halogens is 1. The highest BCUT2D eigenvalue weighted by Crippen LogP contribution is 2.27. The highest BCUT2D eigenvalue weighted by Gasteiger charge is 2.25. The number of hydrogen-bond donors (Lipinski definition) is 0. The van der Waals surface area contributed by atoms with E-state index in [2.05, 4.69) is 0 Å². The molecule has 0 aliphatic carbocycles. The van der Waals surface area contributed by atoms with Crippen molar-refractivity contribution in [2.75, 3.05) is 18.0 Å². The molecule has 7 nitrogen and oxygen atoms in total. The fourth-order valence-corrected chi connectivity index (χ4v) is 5.08. The Morgan fingerprint density at radius 2 is 1.84 bits per heavy atom. The molecular weight excluding hydrogens is 448 g/mol. The van der Waals surface area contributed by atoms with Crippen LogP contribution >= 0.6 is 11.6 Å². The van der Waals surface area contributed by atoms with Crippen molar-refractivity contribution < 1.29 is 8.42 Å². The predicted octanol–water partition coefficient (Wildman–Crippen LogP) is 3.99. The molecule has 1 fully saturated rings. The summed E-state index contributed by atoms with van der Waals surface area (Å²) in [6, 6.07) is 10.9. The Hall–Kier alpha value is -3.15. The van der Waals surface area contributed by atoms with Crippen molar-refractivity contribution in [3.63, 3.8) is 0 Å². The van der Waals surface area contributed by atoms with E-state index < -0.39 is 20.3 Å². The first-order valence-corrected chi connectivity index (χ1v) is 12.1. The number of benzene rings is 1. The van der Waals surface area contributed by atoms with E-state index in [9.17, 15) is 18.5 Å². The SMILES string of the molecule is Cc1cccn2c(=O)c(C=C(C#N)S(=O)(=O)c3ccc(Cl)cc3)c(N3CCCCC3)nc12. The van der Waals surface area contributed by atoms with Crippen molar-refractivity contribution in [1.82, 2.24) is 9.38 Å². The van der Waals surface area contributed by atoms with E-state index in [4.69, 9.17) is 16.6 Å². The number of piperidine rings is 1. The molecule has 4 rings (SSSR count). The van der Waals surface area contributed by atoms with Gasteiger partial charge in [0.05, 0.1) is 10.5 Å². The summed E-state index contributed by atoms with van der Waals surface area (Å²) < 4.78 is 27.6. The van der Waals surface area contributed by atoms with Crippen molar-refractivity contribution >= 4 is 39.0 Å². The van der Waals surface area contributed by atoms with E-state index in [0.29, 0.717) is 29.6 Å². The molecule has 1 aromatic carbocycles. The fraction of sp³-hybridized carbons (Fsp3) is 0.261. The highest BCUT2D eigenvalue weighted by atomic mass is 35.5. The molecule has 0 radical (unpaired) electrons. The maximum atomic E-state index is 13.4. The van der Waals surface area contributed by atoms with Gasteiger partial charge in [0.25, 0.3) is 5.56 Å². The molecule has 0 atom stereocenters. The quantitative estimate of drug-likeness (QED) is 0.537. The number of pyridine rings is 1. The zero-order valence-corrected chi connectivity index (χ0v) is 19.0. The summed E-state index contributed by atoms with van der Waals surface area (Å²) >= 11 is 5.87. The average molecular weight is 469 g/mol. The van der Waals surface area contributed by atoms with Crippen molar-refractivity contribution in [2.45, 2.75) is 31.1 Å². The first-order valence-electron chi connectivity index (χ1n) is 10.2. The molecule has 1 aliphatic heterocycles. The van der Waals surface area contributed by atoms with Gasteiger partial charge in [-0.1, -0.05) is 17.7 Å². The number of aromatic nitrogens is 2. The number of rotatable bonds is 4. The maximum absolute atomic E-state index is 13.4. The largest absolute Gasteiger partial charge is 0.356 e. The molecule has 9 heteroatoms. The Balaban J connectivity index is 1.96. The second-order valence-electron chi connectivity index (χ2n) is 7.66. The van der Waals surface area contributed by atoms with E-state index in [0.717, 1.165) is 30.9 Å². The number of nitrogens with zero attached hydrogens (tertiary/aromatic N) is 4. The highest BCUT2D eigenvalue weighted by molar-refractivity contribution is 7.95. The van der Waals surface area contributed by atoms with Crippen molar-refractivity contribution in [1.29, 1.82) is 5.26 Å². The van der Waals surface area contributed by atoms with E-state index in [1.54, 1.807) is 18.3 Å².